The lowest BCUT2D eigenvalue weighted by Crippen LogP contribution is -2.40. The molecule has 35 heavy (non-hydrogen) atoms. The molecule has 8 nitrogen and oxygen atoms in total. The van der Waals surface area contributed by atoms with Crippen LogP contribution in [-0.4, -0.2) is 49.7 Å². The van der Waals surface area contributed by atoms with E-state index in [0.717, 1.165) is 16.4 Å². The first-order chi connectivity index (χ1) is 16.5. The maximum Gasteiger partial charge on any atom is 0.435 e. The predicted octanol–water partition coefficient (Wildman–Crippen LogP) is 4.68. The number of phenolic OH excluding ortho intramolecular Hbond substituents is 1. The van der Waals surface area contributed by atoms with Crippen molar-refractivity contribution in [2.24, 2.45) is 0 Å². The number of rotatable bonds is 5. The second-order valence-corrected chi connectivity index (χ2v) is 9.41. The van der Waals surface area contributed by atoms with Crippen molar-refractivity contribution in [1.29, 1.82) is 0 Å². The number of carbonyl (C=O) groups is 2. The summed E-state index contributed by atoms with van der Waals surface area (Å²) in [4.78, 5) is 31.2. The van der Waals surface area contributed by atoms with E-state index < -0.39 is 17.8 Å². The van der Waals surface area contributed by atoms with Crippen molar-refractivity contribution in [3.8, 4) is 5.75 Å². The van der Waals surface area contributed by atoms with Crippen molar-refractivity contribution in [2.45, 2.75) is 38.4 Å². The molecule has 2 N–H and O–H groups in total. The summed E-state index contributed by atoms with van der Waals surface area (Å²) in [5.41, 5.74) is 0.0727. The molecule has 0 unspecified atom stereocenters. The molecule has 1 aromatic carbocycles. The van der Waals surface area contributed by atoms with E-state index in [1.807, 2.05) is 5.38 Å². The maximum atomic E-state index is 12.9. The largest absolute Gasteiger partial charge is 0.506 e. The van der Waals surface area contributed by atoms with Crippen molar-refractivity contribution >= 4 is 39.9 Å². The maximum absolute atomic E-state index is 12.9. The van der Waals surface area contributed by atoms with E-state index in [4.69, 9.17) is 11.6 Å². The third-order valence-corrected chi connectivity index (χ3v) is 6.88. The van der Waals surface area contributed by atoms with Gasteiger partial charge in [0.05, 0.1) is 16.3 Å². The van der Waals surface area contributed by atoms with Crippen molar-refractivity contribution in [3.05, 3.63) is 57.3 Å². The smallest absolute Gasteiger partial charge is 0.435 e. The van der Waals surface area contributed by atoms with Crippen LogP contribution >= 0.6 is 22.9 Å². The molecular weight excluding hydrogens is 507 g/mol. The average Bonchev–Trinajstić information content (AvgIpc) is 3.42. The summed E-state index contributed by atoms with van der Waals surface area (Å²) >= 11 is 7.10. The number of carbonyl (C=O) groups excluding carboxylic acids is 2. The summed E-state index contributed by atoms with van der Waals surface area (Å²) < 4.78 is 39.6. The average molecular weight is 528 g/mol. The molecule has 1 aliphatic rings. The van der Waals surface area contributed by atoms with Crippen LogP contribution < -0.4 is 5.32 Å². The highest BCUT2D eigenvalue weighted by Crippen LogP contribution is 2.32. The van der Waals surface area contributed by atoms with Gasteiger partial charge in [0, 0.05) is 30.1 Å². The number of hydrogen-bond acceptors (Lipinski definition) is 6. The van der Waals surface area contributed by atoms with Gasteiger partial charge in [-0.3, -0.25) is 19.6 Å². The molecule has 0 atom stereocenters. The molecule has 2 amide bonds. The quantitative estimate of drug-likeness (QED) is 0.501. The minimum absolute atomic E-state index is 0.0378. The van der Waals surface area contributed by atoms with Crippen LogP contribution in [0.1, 0.15) is 46.2 Å². The number of nitrogens with one attached hydrogen (secondary N) is 1. The zero-order valence-electron chi connectivity index (χ0n) is 18.5. The Bertz CT molecular complexity index is 1250. The number of nitrogens with zero attached hydrogens (tertiary/aromatic N) is 4. The molecule has 3 heterocycles. The van der Waals surface area contributed by atoms with Crippen molar-refractivity contribution in [2.75, 3.05) is 18.4 Å². The van der Waals surface area contributed by atoms with Crippen LogP contribution in [0, 0.1) is 6.92 Å². The number of para-hydroxylation sites is 1. The van der Waals surface area contributed by atoms with E-state index in [1.54, 1.807) is 11.0 Å². The lowest BCUT2D eigenvalue weighted by molar-refractivity contribution is -0.142. The van der Waals surface area contributed by atoms with Gasteiger partial charge >= 0.3 is 6.18 Å². The highest BCUT2D eigenvalue weighted by atomic mass is 35.5. The number of amides is 2. The summed E-state index contributed by atoms with van der Waals surface area (Å²) in [7, 11) is 0. The van der Waals surface area contributed by atoms with Crippen LogP contribution in [0.25, 0.3) is 0 Å². The molecule has 0 spiro atoms. The highest BCUT2D eigenvalue weighted by molar-refractivity contribution is 7.14. The van der Waals surface area contributed by atoms with Gasteiger partial charge in [-0.15, -0.1) is 11.3 Å². The summed E-state index contributed by atoms with van der Waals surface area (Å²) in [6.07, 6.45) is -3.30. The number of halogens is 4. The second kappa shape index (κ2) is 9.86. The van der Waals surface area contributed by atoms with Crippen LogP contribution in [0.5, 0.6) is 5.75 Å². The van der Waals surface area contributed by atoms with Gasteiger partial charge in [-0.25, -0.2) is 4.98 Å². The fraction of sp³-hybridized carbons (Fsp3) is 0.364. The van der Waals surface area contributed by atoms with E-state index in [2.05, 4.69) is 15.4 Å². The zero-order chi connectivity index (χ0) is 25.3. The van der Waals surface area contributed by atoms with E-state index in [9.17, 15) is 27.9 Å². The molecule has 13 heteroatoms. The summed E-state index contributed by atoms with van der Waals surface area (Å²) in [5, 5.41) is 18.4. The normalized spacial score (nSPS) is 14.8. The molecule has 0 saturated carbocycles. The minimum Gasteiger partial charge on any atom is -0.506 e. The standard InChI is InChI=1S/C22H21ClF3N5O3S/c1-12-9-17(22(24,25)26)29-31(12)10-18(32)30-7-5-13(6-8-30)16-11-35-21(27-16)28-20(34)14-3-2-4-15(23)19(14)33/h2-4,9,11,13,33H,5-8,10H2,1H3,(H,27,28,34). The van der Waals surface area contributed by atoms with Gasteiger partial charge in [-0.1, -0.05) is 17.7 Å². The van der Waals surface area contributed by atoms with Gasteiger partial charge in [0.1, 0.15) is 12.3 Å². The molecule has 2 aromatic heterocycles. The number of hydrogen-bond donors (Lipinski definition) is 2. The number of piperidine rings is 1. The predicted molar refractivity (Wildman–Crippen MR) is 124 cm³/mol. The number of benzene rings is 1. The Morgan fingerprint density at radius 1 is 1.29 bits per heavy atom. The van der Waals surface area contributed by atoms with Crippen LogP contribution in [-0.2, 0) is 17.5 Å². The first-order valence-corrected chi connectivity index (χ1v) is 11.9. The highest BCUT2D eigenvalue weighted by Gasteiger charge is 2.35. The van der Waals surface area contributed by atoms with Gasteiger partial charge in [-0.05, 0) is 38.0 Å². The topological polar surface area (TPSA) is 100 Å². The fourth-order valence-electron chi connectivity index (χ4n) is 3.86. The number of aromatic hydroxyl groups is 1. The molecular formula is C22H21ClF3N5O3S. The zero-order valence-corrected chi connectivity index (χ0v) is 20.0. The number of thiazole rings is 1. The first kappa shape index (κ1) is 25.0. The molecule has 4 rings (SSSR count). The summed E-state index contributed by atoms with van der Waals surface area (Å²) in [6, 6.07) is 5.41. The van der Waals surface area contributed by atoms with E-state index >= 15 is 0 Å². The third kappa shape index (κ3) is 5.59. The summed E-state index contributed by atoms with van der Waals surface area (Å²) in [6.45, 7) is 2.10. The van der Waals surface area contributed by atoms with Crippen LogP contribution in [0.2, 0.25) is 5.02 Å². The number of aryl methyl sites for hydroxylation is 1. The van der Waals surface area contributed by atoms with Gasteiger partial charge in [0.2, 0.25) is 5.91 Å². The molecule has 1 aliphatic heterocycles. The minimum atomic E-state index is -4.56. The Morgan fingerprint density at radius 3 is 2.66 bits per heavy atom. The Hall–Kier alpha value is -3.12. The molecule has 0 aliphatic carbocycles. The SMILES string of the molecule is Cc1cc(C(F)(F)F)nn1CC(=O)N1CCC(c2csc(NC(=O)c3cccc(Cl)c3O)n2)CC1. The number of phenols is 1. The van der Waals surface area contributed by atoms with E-state index in [-0.39, 0.29) is 40.4 Å². The van der Waals surface area contributed by atoms with Crippen LogP contribution in [0.4, 0.5) is 18.3 Å². The van der Waals surface area contributed by atoms with Crippen LogP contribution in [0.3, 0.4) is 0 Å². The fourth-order valence-corrected chi connectivity index (χ4v) is 4.82. The van der Waals surface area contributed by atoms with Crippen LogP contribution in [0.15, 0.2) is 29.6 Å². The van der Waals surface area contributed by atoms with Gasteiger partial charge < -0.3 is 10.0 Å². The Kier molecular flexibility index (Phi) is 7.04. The first-order valence-electron chi connectivity index (χ1n) is 10.7. The molecule has 1 fully saturated rings. The number of alkyl halides is 3. The molecule has 3 aromatic rings. The lowest BCUT2D eigenvalue weighted by Gasteiger charge is -2.31. The third-order valence-electron chi connectivity index (χ3n) is 5.80. The Morgan fingerprint density at radius 2 is 2.00 bits per heavy atom. The lowest BCUT2D eigenvalue weighted by atomic mass is 9.94. The van der Waals surface area contributed by atoms with Crippen molar-refractivity contribution in [1.82, 2.24) is 19.7 Å². The van der Waals surface area contributed by atoms with Gasteiger partial charge in [0.15, 0.2) is 10.8 Å². The number of aromatic nitrogens is 3. The number of anilines is 1. The molecule has 0 bridgehead atoms. The second-order valence-electron chi connectivity index (χ2n) is 8.15. The molecule has 186 valence electrons. The van der Waals surface area contributed by atoms with E-state index in [1.165, 1.54) is 30.4 Å². The van der Waals surface area contributed by atoms with Crippen molar-refractivity contribution < 1.29 is 27.9 Å². The van der Waals surface area contributed by atoms with Gasteiger partial charge in [-0.2, -0.15) is 18.3 Å². The van der Waals surface area contributed by atoms with Gasteiger partial charge in [0.25, 0.3) is 5.91 Å². The number of likely N-dealkylation sites (tertiary alicyclic amines) is 1. The molecule has 1 saturated heterocycles. The summed E-state index contributed by atoms with van der Waals surface area (Å²) in [5.74, 6) is -1.06. The Labute approximate surface area is 207 Å². The Balaban J connectivity index is 1.32. The van der Waals surface area contributed by atoms with Crippen molar-refractivity contribution in [3.63, 3.8) is 0 Å². The molecule has 0 radical (unpaired) electrons. The van der Waals surface area contributed by atoms with E-state index in [0.29, 0.717) is 31.1 Å². The monoisotopic (exact) mass is 527 g/mol.